The van der Waals surface area contributed by atoms with Gasteiger partial charge >= 0.3 is 0 Å². The Hall–Kier alpha value is -1.01. The lowest BCUT2D eigenvalue weighted by Crippen LogP contribution is -2.48. The van der Waals surface area contributed by atoms with E-state index in [0.717, 1.165) is 57.7 Å². The molecule has 1 fully saturated rings. The maximum atomic E-state index is 12.9. The fourth-order valence-electron chi connectivity index (χ4n) is 2.79. The SMILES string of the molecule is CCCCOCC(O)CN1CCN(Cc2ccc(F)cc2)CC1. The van der Waals surface area contributed by atoms with E-state index in [9.17, 15) is 9.50 Å². The Morgan fingerprint density at radius 3 is 2.43 bits per heavy atom. The number of halogens is 1. The average Bonchev–Trinajstić information content (AvgIpc) is 2.56. The van der Waals surface area contributed by atoms with Gasteiger partial charge in [0, 0.05) is 45.9 Å². The minimum absolute atomic E-state index is 0.186. The Balaban J connectivity index is 1.62. The lowest BCUT2D eigenvalue weighted by molar-refractivity contribution is 0.00588. The molecule has 0 aliphatic carbocycles. The zero-order valence-corrected chi connectivity index (χ0v) is 14.1. The van der Waals surface area contributed by atoms with Crippen molar-refractivity contribution in [3.8, 4) is 0 Å². The third-order valence-electron chi connectivity index (χ3n) is 4.21. The molecule has 0 radical (unpaired) electrons. The third kappa shape index (κ3) is 6.96. The van der Waals surface area contributed by atoms with E-state index in [1.807, 2.05) is 12.1 Å². The van der Waals surface area contributed by atoms with E-state index < -0.39 is 6.10 Å². The van der Waals surface area contributed by atoms with Gasteiger partial charge < -0.3 is 9.84 Å². The lowest BCUT2D eigenvalue weighted by Gasteiger charge is -2.35. The number of unbranched alkanes of at least 4 members (excludes halogenated alkanes) is 1. The molecule has 0 spiro atoms. The van der Waals surface area contributed by atoms with Crippen molar-refractivity contribution in [2.45, 2.75) is 32.4 Å². The van der Waals surface area contributed by atoms with Gasteiger partial charge in [0.05, 0.1) is 12.7 Å². The van der Waals surface area contributed by atoms with Crippen LogP contribution >= 0.6 is 0 Å². The van der Waals surface area contributed by atoms with Crippen molar-refractivity contribution in [2.75, 3.05) is 45.9 Å². The number of piperazine rings is 1. The zero-order valence-electron chi connectivity index (χ0n) is 14.1. The largest absolute Gasteiger partial charge is 0.389 e. The summed E-state index contributed by atoms with van der Waals surface area (Å²) in [7, 11) is 0. The van der Waals surface area contributed by atoms with Gasteiger partial charge in [-0.05, 0) is 24.1 Å². The van der Waals surface area contributed by atoms with Crippen LogP contribution in [-0.4, -0.2) is 66.9 Å². The second-order valence-electron chi connectivity index (χ2n) is 6.29. The van der Waals surface area contributed by atoms with Gasteiger partial charge in [-0.25, -0.2) is 4.39 Å². The molecule has 1 unspecified atom stereocenters. The van der Waals surface area contributed by atoms with Gasteiger partial charge in [-0.15, -0.1) is 0 Å². The predicted molar refractivity (Wildman–Crippen MR) is 89.9 cm³/mol. The normalized spacial score (nSPS) is 18.2. The van der Waals surface area contributed by atoms with Crippen molar-refractivity contribution < 1.29 is 14.2 Å². The molecule has 130 valence electrons. The molecule has 23 heavy (non-hydrogen) atoms. The van der Waals surface area contributed by atoms with Crippen LogP contribution in [0.2, 0.25) is 0 Å². The summed E-state index contributed by atoms with van der Waals surface area (Å²) in [4.78, 5) is 4.66. The predicted octanol–water partition coefficient (Wildman–Crippen LogP) is 2.12. The van der Waals surface area contributed by atoms with Crippen LogP contribution in [0.3, 0.4) is 0 Å². The number of benzene rings is 1. The van der Waals surface area contributed by atoms with Gasteiger partial charge in [0.15, 0.2) is 0 Å². The molecule has 1 aliphatic heterocycles. The van der Waals surface area contributed by atoms with Crippen molar-refractivity contribution in [3.63, 3.8) is 0 Å². The number of aliphatic hydroxyl groups is 1. The Morgan fingerprint density at radius 2 is 1.78 bits per heavy atom. The molecule has 2 rings (SSSR count). The van der Waals surface area contributed by atoms with Gasteiger partial charge in [-0.3, -0.25) is 9.80 Å². The van der Waals surface area contributed by atoms with Crippen molar-refractivity contribution in [3.05, 3.63) is 35.6 Å². The minimum atomic E-state index is -0.407. The fourth-order valence-corrected chi connectivity index (χ4v) is 2.79. The highest BCUT2D eigenvalue weighted by atomic mass is 19.1. The summed E-state index contributed by atoms with van der Waals surface area (Å²) in [6.45, 7) is 8.68. The van der Waals surface area contributed by atoms with E-state index in [1.165, 1.54) is 12.1 Å². The number of rotatable bonds is 9. The molecular formula is C18H29FN2O2. The Bertz CT molecular complexity index is 433. The molecule has 0 bridgehead atoms. The van der Waals surface area contributed by atoms with Gasteiger partial charge in [-0.1, -0.05) is 25.5 Å². The average molecular weight is 324 g/mol. The molecule has 0 aromatic heterocycles. The Kier molecular flexibility index (Phi) is 7.95. The van der Waals surface area contributed by atoms with Crippen LogP contribution in [-0.2, 0) is 11.3 Å². The van der Waals surface area contributed by atoms with Gasteiger partial charge in [0.25, 0.3) is 0 Å². The zero-order chi connectivity index (χ0) is 16.5. The summed E-state index contributed by atoms with van der Waals surface area (Å²) in [5, 5.41) is 10.0. The van der Waals surface area contributed by atoms with E-state index in [0.29, 0.717) is 13.2 Å². The van der Waals surface area contributed by atoms with Gasteiger partial charge in [-0.2, -0.15) is 0 Å². The highest BCUT2D eigenvalue weighted by molar-refractivity contribution is 5.15. The summed E-state index contributed by atoms with van der Waals surface area (Å²) in [5.74, 6) is -0.186. The number of nitrogens with zero attached hydrogens (tertiary/aromatic N) is 2. The third-order valence-corrected chi connectivity index (χ3v) is 4.21. The van der Waals surface area contributed by atoms with Crippen LogP contribution in [0.15, 0.2) is 24.3 Å². The number of aliphatic hydroxyl groups excluding tert-OH is 1. The molecule has 0 saturated carbocycles. The van der Waals surface area contributed by atoms with Crippen LogP contribution in [0.25, 0.3) is 0 Å². The highest BCUT2D eigenvalue weighted by Crippen LogP contribution is 2.10. The van der Waals surface area contributed by atoms with Crippen LogP contribution in [0.1, 0.15) is 25.3 Å². The molecule has 1 N–H and O–H groups in total. The number of hydrogen-bond donors (Lipinski definition) is 1. The van der Waals surface area contributed by atoms with Crippen LogP contribution in [0.5, 0.6) is 0 Å². The molecule has 1 aromatic carbocycles. The molecule has 4 nitrogen and oxygen atoms in total. The summed E-state index contributed by atoms with van der Waals surface area (Å²) in [6.07, 6.45) is 1.76. The number of hydrogen-bond acceptors (Lipinski definition) is 4. The number of ether oxygens (including phenoxy) is 1. The monoisotopic (exact) mass is 324 g/mol. The summed E-state index contributed by atoms with van der Waals surface area (Å²) in [5.41, 5.74) is 1.14. The lowest BCUT2D eigenvalue weighted by atomic mass is 10.2. The smallest absolute Gasteiger partial charge is 0.123 e. The molecule has 1 saturated heterocycles. The molecule has 0 amide bonds. The first-order valence-corrected chi connectivity index (χ1v) is 8.62. The molecule has 5 heteroatoms. The van der Waals surface area contributed by atoms with E-state index in [-0.39, 0.29) is 5.82 Å². The molecule has 1 atom stereocenters. The topological polar surface area (TPSA) is 35.9 Å². The van der Waals surface area contributed by atoms with Crippen molar-refractivity contribution in [1.29, 1.82) is 0 Å². The van der Waals surface area contributed by atoms with Crippen LogP contribution < -0.4 is 0 Å². The first-order valence-electron chi connectivity index (χ1n) is 8.62. The summed E-state index contributed by atoms with van der Waals surface area (Å²) >= 11 is 0. The van der Waals surface area contributed by atoms with E-state index in [1.54, 1.807) is 0 Å². The molecular weight excluding hydrogens is 295 g/mol. The van der Waals surface area contributed by atoms with Crippen molar-refractivity contribution >= 4 is 0 Å². The van der Waals surface area contributed by atoms with Crippen molar-refractivity contribution in [2.24, 2.45) is 0 Å². The second-order valence-corrected chi connectivity index (χ2v) is 6.29. The number of β-amino-alcohol motifs (C(OH)–C–C–N with tert-alkyl or cyclic N) is 1. The molecule has 1 aromatic rings. The first kappa shape index (κ1) is 18.3. The van der Waals surface area contributed by atoms with E-state index in [2.05, 4.69) is 16.7 Å². The van der Waals surface area contributed by atoms with Crippen LogP contribution in [0.4, 0.5) is 4.39 Å². The fraction of sp³-hybridized carbons (Fsp3) is 0.667. The second kappa shape index (κ2) is 9.98. The standard InChI is InChI=1S/C18H29FN2O2/c1-2-3-12-23-15-18(22)14-21-10-8-20(9-11-21)13-16-4-6-17(19)7-5-16/h4-7,18,22H,2-3,8-15H2,1H3. The summed E-state index contributed by atoms with van der Waals surface area (Å²) in [6, 6.07) is 6.72. The van der Waals surface area contributed by atoms with Crippen molar-refractivity contribution in [1.82, 2.24) is 9.80 Å². The van der Waals surface area contributed by atoms with Gasteiger partial charge in [0.1, 0.15) is 5.82 Å². The maximum Gasteiger partial charge on any atom is 0.123 e. The first-order chi connectivity index (χ1) is 11.2. The summed E-state index contributed by atoms with van der Waals surface area (Å²) < 4.78 is 18.4. The Labute approximate surface area is 138 Å². The molecule has 1 heterocycles. The molecule has 1 aliphatic rings. The van der Waals surface area contributed by atoms with Crippen LogP contribution in [0, 0.1) is 5.82 Å². The Morgan fingerprint density at radius 1 is 1.13 bits per heavy atom. The quantitative estimate of drug-likeness (QED) is 0.706. The van der Waals surface area contributed by atoms with E-state index in [4.69, 9.17) is 4.74 Å². The van der Waals surface area contributed by atoms with E-state index >= 15 is 0 Å². The minimum Gasteiger partial charge on any atom is -0.389 e. The van der Waals surface area contributed by atoms with Gasteiger partial charge in [0.2, 0.25) is 0 Å². The maximum absolute atomic E-state index is 12.9. The highest BCUT2D eigenvalue weighted by Gasteiger charge is 2.19.